The van der Waals surface area contributed by atoms with Crippen LogP contribution in [-0.4, -0.2) is 49.9 Å². The van der Waals surface area contributed by atoms with Crippen molar-refractivity contribution in [2.45, 2.75) is 69.0 Å². The molecule has 2 aliphatic heterocycles. The van der Waals surface area contributed by atoms with Crippen molar-refractivity contribution in [3.63, 3.8) is 0 Å². The SMILES string of the molecule is Cc1ncc(Cc2ccc(N(N)C3CC3)c(N)c2C)cc1CN1CC2(CCOCC2)Oc2ncccc2S1=O. The molecule has 4 heterocycles. The van der Waals surface area contributed by atoms with E-state index in [-0.39, 0.29) is 0 Å². The maximum atomic E-state index is 13.8. The second kappa shape index (κ2) is 10.5. The standard InChI is InChI=1S/C29H36N6O3S/c1-19-22(5-8-25(27(19)30)35(31)24-6-7-24)14-21-15-23(20(2)33-16-21)17-34-18-29(9-12-37-13-10-29)38-28-26(39(34)36)4-3-11-32-28/h3-5,8,11,15-16,24H,6-7,9-10,12-14,17-18,30-31H2,1-2H3. The molecule has 0 amide bonds. The van der Waals surface area contributed by atoms with Crippen LogP contribution in [0.3, 0.4) is 0 Å². The topological polar surface area (TPSA) is 120 Å². The molecule has 1 aromatic carbocycles. The third kappa shape index (κ3) is 5.26. The molecular formula is C29H36N6O3S. The number of aromatic nitrogens is 2. The second-order valence-corrected chi connectivity index (χ2v) is 12.4. The smallest absolute Gasteiger partial charge is 0.231 e. The minimum atomic E-state index is -1.42. The summed E-state index contributed by atoms with van der Waals surface area (Å²) in [5.41, 5.74) is 12.9. The van der Waals surface area contributed by atoms with E-state index in [1.165, 1.54) is 0 Å². The largest absolute Gasteiger partial charge is 0.469 e. The Morgan fingerprint density at radius 2 is 1.95 bits per heavy atom. The van der Waals surface area contributed by atoms with Gasteiger partial charge in [-0.25, -0.2) is 19.3 Å². The van der Waals surface area contributed by atoms with Gasteiger partial charge in [-0.15, -0.1) is 0 Å². The fourth-order valence-corrected chi connectivity index (χ4v) is 6.81. The van der Waals surface area contributed by atoms with Gasteiger partial charge < -0.3 is 20.2 Å². The van der Waals surface area contributed by atoms with Crippen molar-refractivity contribution in [3.8, 4) is 5.88 Å². The van der Waals surface area contributed by atoms with E-state index in [0.29, 0.717) is 49.5 Å². The summed E-state index contributed by atoms with van der Waals surface area (Å²) >= 11 is 0. The Morgan fingerprint density at radius 1 is 1.15 bits per heavy atom. The Kier molecular flexibility index (Phi) is 7.05. The van der Waals surface area contributed by atoms with Crippen LogP contribution in [0.1, 0.15) is 53.6 Å². The Labute approximate surface area is 232 Å². The highest BCUT2D eigenvalue weighted by Crippen LogP contribution is 2.37. The maximum Gasteiger partial charge on any atom is 0.231 e. The minimum Gasteiger partial charge on any atom is -0.469 e. The lowest BCUT2D eigenvalue weighted by Crippen LogP contribution is -2.49. The number of hydrogen-bond acceptors (Lipinski definition) is 8. The molecule has 39 heavy (non-hydrogen) atoms. The average Bonchev–Trinajstić information content (AvgIpc) is 3.79. The number of pyridine rings is 2. The number of hydrazine groups is 1. The number of benzene rings is 1. The van der Waals surface area contributed by atoms with Gasteiger partial charge in [0.25, 0.3) is 0 Å². The molecule has 1 saturated heterocycles. The first-order chi connectivity index (χ1) is 18.8. The predicted molar refractivity (Wildman–Crippen MR) is 152 cm³/mol. The highest BCUT2D eigenvalue weighted by Gasteiger charge is 2.42. The van der Waals surface area contributed by atoms with Crippen LogP contribution in [0.15, 0.2) is 47.6 Å². The number of nitrogen functional groups attached to an aromatic ring is 1. The zero-order chi connectivity index (χ0) is 27.1. The fraction of sp³-hybridized carbons (Fsp3) is 0.448. The first-order valence-corrected chi connectivity index (χ1v) is 14.7. The fourth-order valence-electron chi connectivity index (χ4n) is 5.48. The van der Waals surface area contributed by atoms with E-state index in [4.69, 9.17) is 26.0 Å². The molecule has 2 aromatic heterocycles. The molecular weight excluding hydrogens is 512 g/mol. The molecule has 3 aliphatic rings. The van der Waals surface area contributed by atoms with Gasteiger partial charge in [0, 0.05) is 43.5 Å². The van der Waals surface area contributed by atoms with Gasteiger partial charge in [-0.05, 0) is 73.6 Å². The summed E-state index contributed by atoms with van der Waals surface area (Å²) in [6, 6.07) is 10.4. The number of anilines is 2. The van der Waals surface area contributed by atoms with E-state index in [0.717, 1.165) is 65.0 Å². The molecule has 1 unspecified atom stereocenters. The van der Waals surface area contributed by atoms with Crippen molar-refractivity contribution in [2.24, 2.45) is 5.84 Å². The molecule has 1 aliphatic carbocycles. The van der Waals surface area contributed by atoms with Crippen LogP contribution in [0.2, 0.25) is 0 Å². The van der Waals surface area contributed by atoms with Gasteiger partial charge in [-0.3, -0.25) is 4.98 Å². The zero-order valence-electron chi connectivity index (χ0n) is 22.6. The zero-order valence-corrected chi connectivity index (χ0v) is 23.4. The minimum absolute atomic E-state index is 0.388. The second-order valence-electron chi connectivity index (χ2n) is 10.9. The highest BCUT2D eigenvalue weighted by molar-refractivity contribution is 7.82. The lowest BCUT2D eigenvalue weighted by Gasteiger charge is -2.38. The average molecular weight is 549 g/mol. The van der Waals surface area contributed by atoms with Crippen LogP contribution in [-0.2, 0) is 28.7 Å². The summed E-state index contributed by atoms with van der Waals surface area (Å²) in [5, 5.41) is 1.81. The molecule has 4 N–H and O–H groups in total. The van der Waals surface area contributed by atoms with Crippen LogP contribution in [0.25, 0.3) is 0 Å². The van der Waals surface area contributed by atoms with Crippen LogP contribution < -0.4 is 21.3 Å². The maximum absolute atomic E-state index is 13.8. The van der Waals surface area contributed by atoms with Gasteiger partial charge in [0.2, 0.25) is 5.88 Å². The molecule has 9 nitrogen and oxygen atoms in total. The van der Waals surface area contributed by atoms with Gasteiger partial charge in [-0.2, -0.15) is 0 Å². The summed E-state index contributed by atoms with van der Waals surface area (Å²) in [6.07, 6.45) is 7.99. The van der Waals surface area contributed by atoms with Crippen molar-refractivity contribution in [1.82, 2.24) is 14.3 Å². The van der Waals surface area contributed by atoms with Crippen LogP contribution >= 0.6 is 0 Å². The third-order valence-corrected chi connectivity index (χ3v) is 9.57. The van der Waals surface area contributed by atoms with E-state index in [9.17, 15) is 4.21 Å². The number of fused-ring (bicyclic) bond motifs is 1. The molecule has 1 atom stereocenters. The lowest BCUT2D eigenvalue weighted by atomic mass is 9.93. The monoisotopic (exact) mass is 548 g/mol. The summed E-state index contributed by atoms with van der Waals surface area (Å²) < 4.78 is 27.9. The molecule has 6 rings (SSSR count). The molecule has 0 bridgehead atoms. The molecule has 1 saturated carbocycles. The van der Waals surface area contributed by atoms with E-state index in [2.05, 4.69) is 24.0 Å². The molecule has 2 fully saturated rings. The van der Waals surface area contributed by atoms with E-state index < -0.39 is 16.6 Å². The first kappa shape index (κ1) is 26.2. The first-order valence-electron chi connectivity index (χ1n) is 13.6. The normalized spacial score (nSPS) is 20.7. The Balaban J connectivity index is 1.27. The lowest BCUT2D eigenvalue weighted by molar-refractivity contribution is -0.0552. The van der Waals surface area contributed by atoms with E-state index >= 15 is 0 Å². The van der Waals surface area contributed by atoms with Crippen molar-refractivity contribution in [1.29, 1.82) is 0 Å². The molecule has 0 radical (unpaired) electrons. The summed E-state index contributed by atoms with van der Waals surface area (Å²) in [5.74, 6) is 6.75. The number of hydrogen-bond donors (Lipinski definition) is 2. The summed E-state index contributed by atoms with van der Waals surface area (Å²) in [6.45, 7) is 6.30. The molecule has 3 aromatic rings. The van der Waals surface area contributed by atoms with Gasteiger partial charge in [0.05, 0.1) is 31.1 Å². The molecule has 1 spiro atoms. The Bertz CT molecular complexity index is 1410. The summed E-state index contributed by atoms with van der Waals surface area (Å²) in [4.78, 5) is 9.75. The van der Waals surface area contributed by atoms with Crippen molar-refractivity contribution >= 4 is 22.4 Å². The number of nitrogens with two attached hydrogens (primary N) is 2. The van der Waals surface area contributed by atoms with Crippen molar-refractivity contribution in [3.05, 3.63) is 70.7 Å². The van der Waals surface area contributed by atoms with E-state index in [1.54, 1.807) is 6.20 Å². The Hall–Kier alpha value is -3.05. The number of aryl methyl sites for hydroxylation is 1. The van der Waals surface area contributed by atoms with Gasteiger partial charge in [0.15, 0.2) is 0 Å². The van der Waals surface area contributed by atoms with Gasteiger partial charge >= 0.3 is 0 Å². The van der Waals surface area contributed by atoms with E-state index in [1.807, 2.05) is 40.6 Å². The van der Waals surface area contributed by atoms with Crippen molar-refractivity contribution < 1.29 is 13.7 Å². The molecule has 10 heteroatoms. The van der Waals surface area contributed by atoms with Crippen LogP contribution in [0, 0.1) is 13.8 Å². The number of ether oxygens (including phenoxy) is 2. The predicted octanol–water partition coefficient (Wildman–Crippen LogP) is 3.58. The highest BCUT2D eigenvalue weighted by atomic mass is 32.2. The van der Waals surface area contributed by atoms with Gasteiger partial charge in [0.1, 0.15) is 21.5 Å². The Morgan fingerprint density at radius 3 is 2.72 bits per heavy atom. The van der Waals surface area contributed by atoms with Crippen LogP contribution in [0.4, 0.5) is 11.4 Å². The third-order valence-electron chi connectivity index (χ3n) is 8.15. The van der Waals surface area contributed by atoms with Gasteiger partial charge in [-0.1, -0.05) is 12.1 Å². The number of rotatable bonds is 6. The summed E-state index contributed by atoms with van der Waals surface area (Å²) in [7, 11) is -1.42. The van der Waals surface area contributed by atoms with Crippen LogP contribution in [0.5, 0.6) is 5.88 Å². The quantitative estimate of drug-likeness (QED) is 0.273. The van der Waals surface area contributed by atoms with Crippen molar-refractivity contribution in [2.75, 3.05) is 30.5 Å². The number of nitrogens with zero attached hydrogens (tertiary/aromatic N) is 4. The molecule has 206 valence electrons.